The monoisotopic (exact) mass is 823 g/mol. The quantitative estimate of drug-likeness (QED) is 0.120. The minimum absolute atomic E-state index is 0.0448. The highest BCUT2D eigenvalue weighted by molar-refractivity contribution is 6.30. The Morgan fingerprint density at radius 1 is 0.638 bits per heavy atom. The van der Waals surface area contributed by atoms with E-state index in [-0.39, 0.29) is 39.3 Å². The minimum Gasteiger partial charge on any atom is -0.489 e. The fourth-order valence-corrected chi connectivity index (χ4v) is 8.20. The van der Waals surface area contributed by atoms with Gasteiger partial charge in [0, 0.05) is 87.2 Å². The highest BCUT2D eigenvalue weighted by atomic mass is 35.5. The summed E-state index contributed by atoms with van der Waals surface area (Å²) >= 11 is 6.04. The van der Waals surface area contributed by atoms with Crippen LogP contribution < -0.4 is 19.5 Å². The molecule has 0 radical (unpaired) electrons. The SMILES string of the molecule is O=C(Nc1ccc(Cl)cc1)OCC(C(F)N1CCC[C@H](Oc2ccncc2)C1)(C(F)N1CCC[C@H](Oc2ccncc2)C1)C(F)N1CCC[C@H](Oc2ccncc2)C1. The number of anilines is 1. The first-order valence-electron chi connectivity index (χ1n) is 19.8. The number of nitrogens with one attached hydrogen (secondary N) is 1. The lowest BCUT2D eigenvalue weighted by molar-refractivity contribution is -0.224. The Morgan fingerprint density at radius 2 is 1.00 bits per heavy atom. The Labute approximate surface area is 341 Å². The number of likely N-dealkylation sites (tertiary alicyclic amines) is 3. The molecular weight excluding hydrogens is 775 g/mol. The highest BCUT2D eigenvalue weighted by Gasteiger charge is 2.61. The second kappa shape index (κ2) is 19.8. The number of ether oxygens (including phenoxy) is 4. The number of aromatic nitrogens is 3. The van der Waals surface area contributed by atoms with Crippen molar-refractivity contribution in [3.05, 3.63) is 103 Å². The van der Waals surface area contributed by atoms with Crippen LogP contribution in [0, 0.1) is 5.41 Å². The zero-order valence-electron chi connectivity index (χ0n) is 32.1. The van der Waals surface area contributed by atoms with Gasteiger partial charge in [0.2, 0.25) is 0 Å². The van der Waals surface area contributed by atoms with E-state index in [0.29, 0.717) is 66.5 Å². The Morgan fingerprint density at radius 3 is 1.36 bits per heavy atom. The van der Waals surface area contributed by atoms with Crippen molar-refractivity contribution in [1.29, 1.82) is 0 Å². The largest absolute Gasteiger partial charge is 0.489 e. The van der Waals surface area contributed by atoms with Crippen LogP contribution in [0.25, 0.3) is 0 Å². The van der Waals surface area contributed by atoms with Crippen molar-refractivity contribution in [2.45, 2.75) is 75.7 Å². The maximum Gasteiger partial charge on any atom is 0.411 e. The van der Waals surface area contributed by atoms with Crippen LogP contribution in [0.15, 0.2) is 97.8 Å². The van der Waals surface area contributed by atoms with E-state index in [4.69, 9.17) is 30.5 Å². The number of benzene rings is 1. The third kappa shape index (κ3) is 10.5. The van der Waals surface area contributed by atoms with Crippen molar-refractivity contribution in [2.75, 3.05) is 51.2 Å². The lowest BCUT2D eigenvalue weighted by atomic mass is 9.80. The molecule has 0 saturated carbocycles. The van der Waals surface area contributed by atoms with Gasteiger partial charge in [-0.2, -0.15) is 0 Å². The Hall–Kier alpha value is -4.70. The summed E-state index contributed by atoms with van der Waals surface area (Å²) in [5.74, 6) is 1.67. The average molecular weight is 824 g/mol. The molecule has 12 nitrogen and oxygen atoms in total. The summed E-state index contributed by atoms with van der Waals surface area (Å²) in [6.07, 6.45) is 3.72. The Balaban J connectivity index is 1.21. The number of hydrogen-bond acceptors (Lipinski definition) is 11. The standard InChI is InChI=1S/C42H49ClF3N7O5/c43-30-7-9-31(10-8-30)50-41(54)55-29-42(38(44)51-23-1-4-35(26-51)56-32-11-17-47-18-12-32,39(45)52-24-2-5-36(27-52)57-33-13-19-48-20-14-33)40(46)53-25-3-6-37(28-53)58-34-15-21-49-22-16-34/h7-22,35-40H,1-6,23-29H2,(H,50,54)/t35-,36-,37-,38?,39?,40?,42?/m0/s1. The molecule has 7 rings (SSSR count). The first-order valence-corrected chi connectivity index (χ1v) is 20.2. The second-order valence-corrected chi connectivity index (χ2v) is 15.4. The normalized spacial score (nSPS) is 23.4. The summed E-state index contributed by atoms with van der Waals surface area (Å²) < 4.78 is 78.9. The number of alkyl halides is 3. The van der Waals surface area contributed by atoms with Crippen molar-refractivity contribution in [3.8, 4) is 17.2 Å². The third-order valence-corrected chi connectivity index (χ3v) is 11.2. The van der Waals surface area contributed by atoms with Crippen molar-refractivity contribution in [1.82, 2.24) is 29.7 Å². The molecule has 6 atom stereocenters. The number of pyridine rings is 3. The molecule has 3 aromatic heterocycles. The fraction of sp³-hybridized carbons (Fsp3) is 0.476. The van der Waals surface area contributed by atoms with E-state index in [9.17, 15) is 4.79 Å². The van der Waals surface area contributed by atoms with Crippen LogP contribution in [0.2, 0.25) is 5.02 Å². The number of rotatable bonds is 15. The number of halogens is 4. The molecule has 3 unspecified atom stereocenters. The van der Waals surface area contributed by atoms with Gasteiger partial charge in [-0.3, -0.25) is 35.0 Å². The van der Waals surface area contributed by atoms with Crippen LogP contribution in [0.3, 0.4) is 0 Å². The lowest BCUT2D eigenvalue weighted by Gasteiger charge is -2.52. The van der Waals surface area contributed by atoms with E-state index in [1.165, 1.54) is 14.7 Å². The molecule has 0 spiro atoms. The van der Waals surface area contributed by atoms with E-state index < -0.39 is 55.3 Å². The zero-order chi connectivity index (χ0) is 40.3. The summed E-state index contributed by atoms with van der Waals surface area (Å²) in [6.45, 7) is -0.179. The predicted octanol–water partition coefficient (Wildman–Crippen LogP) is 7.58. The van der Waals surface area contributed by atoms with Gasteiger partial charge in [0.1, 0.15) is 47.6 Å². The van der Waals surface area contributed by atoms with Gasteiger partial charge in [-0.25, -0.2) is 18.0 Å². The molecule has 1 N–H and O–H groups in total. The van der Waals surface area contributed by atoms with E-state index >= 15 is 13.2 Å². The van der Waals surface area contributed by atoms with Gasteiger partial charge in [0.15, 0.2) is 18.9 Å². The van der Waals surface area contributed by atoms with E-state index in [0.717, 1.165) is 0 Å². The highest BCUT2D eigenvalue weighted by Crippen LogP contribution is 2.45. The van der Waals surface area contributed by atoms with Crippen molar-refractivity contribution in [3.63, 3.8) is 0 Å². The molecule has 1 aromatic carbocycles. The van der Waals surface area contributed by atoms with E-state index in [2.05, 4.69) is 20.3 Å². The number of amides is 1. The van der Waals surface area contributed by atoms with E-state index in [1.54, 1.807) is 97.8 Å². The maximum atomic E-state index is 18.2. The third-order valence-electron chi connectivity index (χ3n) is 10.9. The average Bonchev–Trinajstić information content (AvgIpc) is 3.26. The molecule has 1 amide bonds. The van der Waals surface area contributed by atoms with Crippen LogP contribution in [0.5, 0.6) is 17.2 Å². The number of hydrogen-bond donors (Lipinski definition) is 1. The minimum atomic E-state index is -2.58. The molecular formula is C42H49ClF3N7O5. The van der Waals surface area contributed by atoms with Gasteiger partial charge < -0.3 is 18.9 Å². The lowest BCUT2D eigenvalue weighted by Crippen LogP contribution is -2.68. The molecule has 16 heteroatoms. The molecule has 4 aromatic rings. The summed E-state index contributed by atoms with van der Waals surface area (Å²) in [5.41, 5.74) is -2.23. The van der Waals surface area contributed by atoms with Crippen LogP contribution >= 0.6 is 11.6 Å². The maximum absolute atomic E-state index is 18.2. The molecule has 3 aliphatic rings. The van der Waals surface area contributed by atoms with Crippen LogP contribution in [0.1, 0.15) is 38.5 Å². The number of carbonyl (C=O) groups is 1. The van der Waals surface area contributed by atoms with Crippen molar-refractivity contribution in [2.24, 2.45) is 5.41 Å². The smallest absolute Gasteiger partial charge is 0.411 e. The summed E-state index contributed by atoms with van der Waals surface area (Å²) in [6, 6.07) is 16.5. The molecule has 3 saturated heterocycles. The zero-order valence-corrected chi connectivity index (χ0v) is 32.9. The van der Waals surface area contributed by atoms with Gasteiger partial charge in [-0.05, 0) is 99.2 Å². The Bertz CT molecular complexity index is 1700. The van der Waals surface area contributed by atoms with Crippen molar-refractivity contribution >= 4 is 23.4 Å². The summed E-state index contributed by atoms with van der Waals surface area (Å²) in [7, 11) is 0. The van der Waals surface area contributed by atoms with Gasteiger partial charge in [-0.15, -0.1) is 0 Å². The molecule has 0 bridgehead atoms. The van der Waals surface area contributed by atoms with Gasteiger partial charge in [-0.1, -0.05) is 11.6 Å². The van der Waals surface area contributed by atoms with Gasteiger partial charge in [0.25, 0.3) is 0 Å². The van der Waals surface area contributed by atoms with Crippen LogP contribution in [-0.2, 0) is 4.74 Å². The first-order chi connectivity index (χ1) is 28.3. The Kier molecular flexibility index (Phi) is 14.2. The summed E-state index contributed by atoms with van der Waals surface area (Å²) in [5, 5.41) is 3.05. The molecule has 6 heterocycles. The summed E-state index contributed by atoms with van der Waals surface area (Å²) in [4.78, 5) is 29.9. The second-order valence-electron chi connectivity index (χ2n) is 15.0. The first kappa shape index (κ1) is 41.5. The van der Waals surface area contributed by atoms with E-state index in [1.807, 2.05) is 0 Å². The van der Waals surface area contributed by atoms with Gasteiger partial charge in [0.05, 0.1) is 0 Å². The topological polar surface area (TPSA) is 114 Å². The molecule has 0 aliphatic carbocycles. The van der Waals surface area contributed by atoms with Crippen LogP contribution in [-0.4, -0.2) is 119 Å². The molecule has 58 heavy (non-hydrogen) atoms. The van der Waals surface area contributed by atoms with Gasteiger partial charge >= 0.3 is 6.09 Å². The fourth-order valence-electron chi connectivity index (χ4n) is 8.08. The molecule has 3 fully saturated rings. The molecule has 3 aliphatic heterocycles. The van der Waals surface area contributed by atoms with Crippen molar-refractivity contribution < 1.29 is 36.9 Å². The number of piperidine rings is 3. The molecule has 310 valence electrons. The number of nitrogens with zero attached hydrogens (tertiary/aromatic N) is 6. The van der Waals surface area contributed by atoms with Crippen LogP contribution in [0.4, 0.5) is 23.7 Å². The predicted molar refractivity (Wildman–Crippen MR) is 212 cm³/mol. The number of carbonyl (C=O) groups excluding carboxylic acids is 1.